The van der Waals surface area contributed by atoms with Gasteiger partial charge in [-0.25, -0.2) is 17.6 Å². The number of aromatic nitrogens is 5. The zero-order chi connectivity index (χ0) is 28.7. The number of anilines is 3. The minimum absolute atomic E-state index is 0.0429. The van der Waals surface area contributed by atoms with Crippen molar-refractivity contribution in [1.29, 1.82) is 0 Å². The molecule has 4 aliphatic rings. The second kappa shape index (κ2) is 9.26. The highest BCUT2D eigenvalue weighted by molar-refractivity contribution is 7.17. The number of halogens is 4. The fraction of sp³-hybridized carbons (Fsp3) is 0.577. The lowest BCUT2D eigenvalue weighted by Crippen LogP contribution is -2.29. The van der Waals surface area contributed by atoms with Gasteiger partial charge in [0.25, 0.3) is 18.3 Å². The van der Waals surface area contributed by atoms with Gasteiger partial charge in [-0.15, -0.1) is 21.5 Å². The Kier molecular flexibility index (Phi) is 5.97. The van der Waals surface area contributed by atoms with Crippen molar-refractivity contribution >= 4 is 39.9 Å². The highest BCUT2D eigenvalue weighted by Crippen LogP contribution is 2.70. The summed E-state index contributed by atoms with van der Waals surface area (Å²) in [6.07, 6.45) is 3.25. The number of thiophene rings is 1. The Labute approximate surface area is 235 Å². The van der Waals surface area contributed by atoms with Gasteiger partial charge in [-0.3, -0.25) is 18.8 Å². The molecule has 1 spiro atoms. The summed E-state index contributed by atoms with van der Waals surface area (Å²) >= 11 is 1.37. The van der Waals surface area contributed by atoms with E-state index >= 15 is 0 Å². The van der Waals surface area contributed by atoms with Crippen LogP contribution in [0.1, 0.15) is 71.1 Å². The number of nitrogens with zero attached hydrogens (tertiary/aromatic N) is 5. The molecule has 3 fully saturated rings. The first-order chi connectivity index (χ1) is 19.5. The minimum Gasteiger partial charge on any atom is -0.351 e. The van der Waals surface area contributed by atoms with Crippen LogP contribution in [-0.2, 0) is 24.7 Å². The zero-order valence-corrected chi connectivity index (χ0v) is 22.9. The summed E-state index contributed by atoms with van der Waals surface area (Å²) in [6.45, 7) is -0.135. The van der Waals surface area contributed by atoms with Crippen LogP contribution >= 0.6 is 11.3 Å². The summed E-state index contributed by atoms with van der Waals surface area (Å²) in [5.41, 5.74) is 0.870. The van der Waals surface area contributed by atoms with Gasteiger partial charge in [0, 0.05) is 48.8 Å². The zero-order valence-electron chi connectivity index (χ0n) is 22.1. The summed E-state index contributed by atoms with van der Waals surface area (Å²) < 4.78 is 56.3. The molecule has 3 atom stereocenters. The van der Waals surface area contributed by atoms with E-state index in [0.29, 0.717) is 41.6 Å². The van der Waals surface area contributed by atoms with Gasteiger partial charge >= 0.3 is 0 Å². The molecule has 3 aromatic heterocycles. The highest BCUT2D eigenvalue weighted by atomic mass is 32.1. The summed E-state index contributed by atoms with van der Waals surface area (Å²) in [4.78, 5) is 27.4. The Balaban J connectivity index is 1.14. The molecule has 3 N–H and O–H groups in total. The first-order valence-electron chi connectivity index (χ1n) is 13.6. The number of fused-ring (bicyclic) bond motifs is 1. The maximum atomic E-state index is 13.5. The van der Waals surface area contributed by atoms with Crippen LogP contribution in [0.25, 0.3) is 0 Å². The van der Waals surface area contributed by atoms with E-state index in [1.807, 2.05) is 0 Å². The molecule has 0 saturated heterocycles. The van der Waals surface area contributed by atoms with Crippen molar-refractivity contribution in [2.24, 2.45) is 24.3 Å². The number of aryl methyl sites for hydroxylation is 2. The minimum atomic E-state index is -2.75. The maximum Gasteiger partial charge on any atom is 0.282 e. The standard InChI is InChI=1S/C26H28F4N8O2S/c1-37-18(7-16(36-37)20(27)28)33-24-35-32-11-38(24)13-2-3-17-14(6-13)19(22(40)31-10-12-8-26(12,29)30)23(41-17)34-21(39)15-9-25(15)4-5-25/h7,11-13,15,20H,2-6,8-10H2,1H3,(H,31,40)(H,33,35)(H,34,39)/t12-,13+,15-/m1/s1. The number of alkyl halides is 4. The Bertz CT molecular complexity index is 1540. The van der Waals surface area contributed by atoms with E-state index < -0.39 is 24.2 Å². The summed E-state index contributed by atoms with van der Waals surface area (Å²) in [7, 11) is 1.54. The first kappa shape index (κ1) is 26.4. The smallest absolute Gasteiger partial charge is 0.282 e. The van der Waals surface area contributed by atoms with Gasteiger partial charge in [-0.2, -0.15) is 5.10 Å². The Hall–Kier alpha value is -3.49. The van der Waals surface area contributed by atoms with Gasteiger partial charge in [0.05, 0.1) is 5.56 Å². The molecule has 3 heterocycles. The maximum absolute atomic E-state index is 13.5. The van der Waals surface area contributed by atoms with Crippen molar-refractivity contribution in [1.82, 2.24) is 29.9 Å². The molecule has 7 rings (SSSR count). The largest absolute Gasteiger partial charge is 0.351 e. The van der Waals surface area contributed by atoms with Crippen molar-refractivity contribution < 1.29 is 27.2 Å². The molecule has 0 radical (unpaired) electrons. The highest BCUT2D eigenvalue weighted by Gasteiger charge is 2.65. The number of hydrogen-bond acceptors (Lipinski definition) is 7. The monoisotopic (exact) mass is 592 g/mol. The Morgan fingerprint density at radius 2 is 2.02 bits per heavy atom. The SMILES string of the molecule is Cn1nc(C(F)F)cc1Nc1nncn1[C@H]1CCc2sc(NC(=O)[C@H]3CC34CC4)c(C(=O)NC[C@H]3CC3(F)F)c2C1. The van der Waals surface area contributed by atoms with E-state index in [4.69, 9.17) is 0 Å². The Morgan fingerprint density at radius 1 is 1.24 bits per heavy atom. The summed E-state index contributed by atoms with van der Waals surface area (Å²) in [5, 5.41) is 21.1. The predicted octanol–water partition coefficient (Wildman–Crippen LogP) is 4.61. The van der Waals surface area contributed by atoms with Gasteiger partial charge in [-0.1, -0.05) is 0 Å². The lowest BCUT2D eigenvalue weighted by Gasteiger charge is -2.25. The lowest BCUT2D eigenvalue weighted by atomic mass is 9.91. The van der Waals surface area contributed by atoms with Gasteiger partial charge in [0.2, 0.25) is 11.9 Å². The van der Waals surface area contributed by atoms with Crippen LogP contribution in [0.3, 0.4) is 0 Å². The lowest BCUT2D eigenvalue weighted by molar-refractivity contribution is -0.117. The van der Waals surface area contributed by atoms with Gasteiger partial charge < -0.3 is 16.0 Å². The molecular weight excluding hydrogens is 564 g/mol. The second-order valence-corrected chi connectivity index (χ2v) is 12.8. The van der Waals surface area contributed by atoms with E-state index in [1.165, 1.54) is 35.5 Å². The average molecular weight is 593 g/mol. The molecule has 15 heteroatoms. The molecule has 41 heavy (non-hydrogen) atoms. The first-order valence-corrected chi connectivity index (χ1v) is 14.5. The third-order valence-corrected chi connectivity index (χ3v) is 10.1. The molecule has 218 valence electrons. The average Bonchev–Trinajstić information content (AvgIpc) is 3.83. The van der Waals surface area contributed by atoms with Crippen LogP contribution in [0.2, 0.25) is 0 Å². The molecule has 0 aliphatic heterocycles. The van der Waals surface area contributed by atoms with Crippen molar-refractivity contribution in [2.45, 2.75) is 63.3 Å². The van der Waals surface area contributed by atoms with Crippen LogP contribution in [0.5, 0.6) is 0 Å². The van der Waals surface area contributed by atoms with Crippen molar-refractivity contribution in [3.63, 3.8) is 0 Å². The van der Waals surface area contributed by atoms with Crippen LogP contribution in [0.15, 0.2) is 12.4 Å². The molecule has 0 unspecified atom stereocenters. The Morgan fingerprint density at radius 3 is 2.68 bits per heavy atom. The number of rotatable bonds is 9. The van der Waals surface area contributed by atoms with Crippen LogP contribution in [0, 0.1) is 17.3 Å². The molecule has 0 aromatic carbocycles. The van der Waals surface area contributed by atoms with Crippen molar-refractivity contribution in [3.8, 4) is 0 Å². The van der Waals surface area contributed by atoms with E-state index in [-0.39, 0.29) is 41.9 Å². The van der Waals surface area contributed by atoms with E-state index in [2.05, 4.69) is 31.2 Å². The normalized spacial score (nSPS) is 24.7. The number of hydrogen-bond donors (Lipinski definition) is 3. The van der Waals surface area contributed by atoms with Crippen LogP contribution in [0.4, 0.5) is 34.3 Å². The summed E-state index contributed by atoms with van der Waals surface area (Å²) in [5.74, 6) is -3.60. The molecule has 4 aliphatic carbocycles. The molecular formula is C26H28F4N8O2S. The predicted molar refractivity (Wildman–Crippen MR) is 141 cm³/mol. The van der Waals surface area contributed by atoms with E-state index in [9.17, 15) is 27.2 Å². The third-order valence-electron chi connectivity index (χ3n) is 8.89. The molecule has 10 nitrogen and oxygen atoms in total. The van der Waals surface area contributed by atoms with Gasteiger partial charge in [0.1, 0.15) is 22.8 Å². The molecule has 2 amide bonds. The number of carbonyl (C=O) groups excluding carboxylic acids is 2. The van der Waals surface area contributed by atoms with Crippen LogP contribution in [-0.4, -0.2) is 48.8 Å². The van der Waals surface area contributed by atoms with Crippen molar-refractivity contribution in [3.05, 3.63) is 34.1 Å². The fourth-order valence-electron chi connectivity index (χ4n) is 5.98. The van der Waals surface area contributed by atoms with Crippen molar-refractivity contribution in [2.75, 3.05) is 17.2 Å². The van der Waals surface area contributed by atoms with Gasteiger partial charge in [-0.05, 0) is 49.5 Å². The second-order valence-electron chi connectivity index (χ2n) is 11.7. The third kappa shape index (κ3) is 4.77. The molecule has 3 saturated carbocycles. The van der Waals surface area contributed by atoms with E-state index in [0.717, 1.165) is 29.7 Å². The molecule has 0 bridgehead atoms. The number of nitrogens with one attached hydrogen (secondary N) is 3. The number of amides is 2. The fourth-order valence-corrected chi connectivity index (χ4v) is 7.23. The topological polar surface area (TPSA) is 119 Å². The van der Waals surface area contributed by atoms with E-state index in [1.54, 1.807) is 4.57 Å². The van der Waals surface area contributed by atoms with Crippen LogP contribution < -0.4 is 16.0 Å². The summed E-state index contributed by atoms with van der Waals surface area (Å²) in [6, 6.07) is 1.06. The quantitative estimate of drug-likeness (QED) is 0.313. The number of carbonyl (C=O) groups is 2. The molecule has 3 aromatic rings. The van der Waals surface area contributed by atoms with Gasteiger partial charge in [0.15, 0.2) is 0 Å².